The molecule has 0 aromatic heterocycles. The summed E-state index contributed by atoms with van der Waals surface area (Å²) in [5.41, 5.74) is 5.55. The van der Waals surface area contributed by atoms with Crippen molar-refractivity contribution in [1.82, 2.24) is 0 Å². The number of aliphatic hydroxyl groups is 1. The highest BCUT2D eigenvalue weighted by molar-refractivity contribution is 5.05. The number of hydrogen-bond acceptors (Lipinski definition) is 6. The Morgan fingerprint density at radius 3 is 2.60 bits per heavy atom. The fourth-order valence-corrected chi connectivity index (χ4v) is 1.97. The molecule has 0 aromatic rings. The van der Waals surface area contributed by atoms with Gasteiger partial charge in [-0.15, -0.1) is 0 Å². The van der Waals surface area contributed by atoms with E-state index in [0.29, 0.717) is 0 Å². The summed E-state index contributed by atoms with van der Waals surface area (Å²) in [5.74, 6) is -0.770. The van der Waals surface area contributed by atoms with Crippen LogP contribution in [0.15, 0.2) is 0 Å². The highest BCUT2D eigenvalue weighted by Gasteiger charge is 2.56. The number of nitrogens with zero attached hydrogens (tertiary/aromatic N) is 1. The molecule has 0 radical (unpaired) electrons. The van der Waals surface area contributed by atoms with Gasteiger partial charge in [0.25, 0.3) is 0 Å². The molecule has 2 aliphatic heterocycles. The topological polar surface area (TPSA) is 97.7 Å². The molecule has 84 valence electrons. The summed E-state index contributed by atoms with van der Waals surface area (Å²) in [6.07, 6.45) is -2.77. The fourth-order valence-electron chi connectivity index (χ4n) is 1.97. The van der Waals surface area contributed by atoms with E-state index in [2.05, 4.69) is 0 Å². The molecule has 0 saturated carbocycles. The van der Waals surface area contributed by atoms with E-state index in [1.165, 1.54) is 0 Å². The van der Waals surface area contributed by atoms with Crippen molar-refractivity contribution in [3.63, 3.8) is 0 Å². The third-order valence-corrected chi connectivity index (χ3v) is 2.57. The van der Waals surface area contributed by atoms with Gasteiger partial charge in [-0.05, 0) is 13.8 Å². The highest BCUT2D eigenvalue weighted by Crippen LogP contribution is 2.38. The summed E-state index contributed by atoms with van der Waals surface area (Å²) in [5, 5.41) is 18.3. The second-order valence-corrected chi connectivity index (χ2v) is 4.21. The molecule has 0 unspecified atom stereocenters. The van der Waals surface area contributed by atoms with Gasteiger partial charge in [-0.2, -0.15) is 5.26 Å². The first-order valence-electron chi connectivity index (χ1n) is 4.79. The van der Waals surface area contributed by atoms with Crippen LogP contribution in [-0.4, -0.2) is 41.5 Å². The van der Waals surface area contributed by atoms with Crippen molar-refractivity contribution in [2.75, 3.05) is 0 Å². The summed E-state index contributed by atoms with van der Waals surface area (Å²) < 4.78 is 16.1. The maximum Gasteiger partial charge on any atom is 0.184 e. The quantitative estimate of drug-likeness (QED) is 0.585. The van der Waals surface area contributed by atoms with Crippen molar-refractivity contribution in [2.24, 2.45) is 5.73 Å². The first-order chi connectivity index (χ1) is 6.94. The molecule has 3 N–H and O–H groups in total. The summed E-state index contributed by atoms with van der Waals surface area (Å²) in [4.78, 5) is 0. The van der Waals surface area contributed by atoms with Gasteiger partial charge in [-0.3, -0.25) is 0 Å². The molecule has 2 saturated heterocycles. The van der Waals surface area contributed by atoms with Gasteiger partial charge in [0.05, 0.1) is 6.07 Å². The summed E-state index contributed by atoms with van der Waals surface area (Å²) in [6, 6.07) is 1.05. The van der Waals surface area contributed by atoms with E-state index in [1.807, 2.05) is 6.07 Å². The first-order valence-corrected chi connectivity index (χ1v) is 4.79. The van der Waals surface area contributed by atoms with Crippen molar-refractivity contribution in [2.45, 2.75) is 50.3 Å². The van der Waals surface area contributed by atoms with Gasteiger partial charge in [0.1, 0.15) is 24.4 Å². The van der Waals surface area contributed by atoms with Crippen molar-refractivity contribution in [1.29, 1.82) is 5.26 Å². The molecule has 2 fully saturated rings. The van der Waals surface area contributed by atoms with Crippen LogP contribution < -0.4 is 5.73 Å². The van der Waals surface area contributed by atoms with E-state index in [9.17, 15) is 5.11 Å². The number of hydrogen-bond donors (Lipinski definition) is 2. The van der Waals surface area contributed by atoms with E-state index in [1.54, 1.807) is 13.8 Å². The Morgan fingerprint density at radius 2 is 2.00 bits per heavy atom. The standard InChI is InChI=1S/C9H14N2O4/c1-9(2)14-6-5(4(11)3-10)13-8(12)7(6)15-9/h4-8,12H,11H2,1-2H3/t4-,5+,6-,7-,8-/m0/s1. The van der Waals surface area contributed by atoms with Crippen LogP contribution in [-0.2, 0) is 14.2 Å². The lowest BCUT2D eigenvalue weighted by Crippen LogP contribution is -2.42. The maximum absolute atomic E-state index is 9.55. The monoisotopic (exact) mass is 214 g/mol. The van der Waals surface area contributed by atoms with Crippen LogP contribution in [0, 0.1) is 11.3 Å². The Morgan fingerprint density at radius 1 is 1.40 bits per heavy atom. The summed E-state index contributed by atoms with van der Waals surface area (Å²) >= 11 is 0. The van der Waals surface area contributed by atoms with Crippen LogP contribution >= 0.6 is 0 Å². The van der Waals surface area contributed by atoms with Gasteiger partial charge in [0.2, 0.25) is 0 Å². The fraction of sp³-hybridized carbons (Fsp3) is 0.889. The number of nitriles is 1. The Kier molecular flexibility index (Phi) is 2.45. The molecule has 15 heavy (non-hydrogen) atoms. The van der Waals surface area contributed by atoms with E-state index < -0.39 is 36.4 Å². The molecular formula is C9H14N2O4. The molecule has 0 aliphatic carbocycles. The lowest BCUT2D eigenvalue weighted by atomic mass is 10.1. The van der Waals surface area contributed by atoms with E-state index in [-0.39, 0.29) is 0 Å². The van der Waals surface area contributed by atoms with Gasteiger partial charge in [-0.1, -0.05) is 0 Å². The lowest BCUT2D eigenvalue weighted by molar-refractivity contribution is -0.220. The molecular weight excluding hydrogens is 200 g/mol. The van der Waals surface area contributed by atoms with Crippen LogP contribution in [0.5, 0.6) is 0 Å². The average Bonchev–Trinajstić information content (AvgIpc) is 2.61. The molecule has 2 heterocycles. The van der Waals surface area contributed by atoms with E-state index >= 15 is 0 Å². The second kappa shape index (κ2) is 3.40. The Balaban J connectivity index is 2.16. The van der Waals surface area contributed by atoms with E-state index in [0.717, 1.165) is 0 Å². The van der Waals surface area contributed by atoms with Gasteiger partial charge < -0.3 is 25.1 Å². The Hall–Kier alpha value is -0.710. The number of fused-ring (bicyclic) bond motifs is 1. The molecule has 0 bridgehead atoms. The number of rotatable bonds is 1. The lowest BCUT2D eigenvalue weighted by Gasteiger charge is -2.23. The second-order valence-electron chi connectivity index (χ2n) is 4.21. The zero-order chi connectivity index (χ0) is 11.2. The zero-order valence-corrected chi connectivity index (χ0v) is 8.58. The van der Waals surface area contributed by atoms with Gasteiger partial charge >= 0.3 is 0 Å². The highest BCUT2D eigenvalue weighted by atomic mass is 16.8. The molecule has 6 heteroatoms. The molecule has 0 spiro atoms. The van der Waals surface area contributed by atoms with Crippen LogP contribution in [0.4, 0.5) is 0 Å². The first kappa shape index (κ1) is 10.8. The largest absolute Gasteiger partial charge is 0.366 e. The van der Waals surface area contributed by atoms with Crippen LogP contribution in [0.3, 0.4) is 0 Å². The summed E-state index contributed by atoms with van der Waals surface area (Å²) in [7, 11) is 0. The number of aliphatic hydroxyl groups excluding tert-OH is 1. The minimum absolute atomic E-state index is 0.482. The predicted molar refractivity (Wildman–Crippen MR) is 48.3 cm³/mol. The third-order valence-electron chi connectivity index (χ3n) is 2.57. The van der Waals surface area contributed by atoms with Crippen molar-refractivity contribution < 1.29 is 19.3 Å². The Bertz CT molecular complexity index is 301. The van der Waals surface area contributed by atoms with Crippen molar-refractivity contribution in [3.8, 4) is 6.07 Å². The van der Waals surface area contributed by atoms with Crippen LogP contribution in [0.25, 0.3) is 0 Å². The van der Waals surface area contributed by atoms with Crippen molar-refractivity contribution in [3.05, 3.63) is 0 Å². The number of nitrogens with two attached hydrogens (primary N) is 1. The number of ether oxygens (including phenoxy) is 3. The average molecular weight is 214 g/mol. The van der Waals surface area contributed by atoms with E-state index in [4.69, 9.17) is 25.2 Å². The SMILES string of the molecule is CC1(C)O[C@H]2[C@@H]([C@@H](N)C#N)O[C@H](O)[C@H]2O1. The van der Waals surface area contributed by atoms with Gasteiger partial charge in [0, 0.05) is 0 Å². The summed E-state index contributed by atoms with van der Waals surface area (Å²) in [6.45, 7) is 3.49. The normalized spacial score (nSPS) is 44.7. The molecule has 6 nitrogen and oxygen atoms in total. The minimum Gasteiger partial charge on any atom is -0.366 e. The minimum atomic E-state index is -1.08. The third kappa shape index (κ3) is 1.73. The molecule has 2 aliphatic rings. The Labute approximate surface area is 87.5 Å². The van der Waals surface area contributed by atoms with Crippen LogP contribution in [0.1, 0.15) is 13.8 Å². The van der Waals surface area contributed by atoms with Crippen LogP contribution in [0.2, 0.25) is 0 Å². The molecule has 2 rings (SSSR count). The predicted octanol–water partition coefficient (Wildman–Crippen LogP) is -0.925. The molecule has 5 atom stereocenters. The maximum atomic E-state index is 9.55. The van der Waals surface area contributed by atoms with Gasteiger partial charge in [-0.25, -0.2) is 0 Å². The molecule has 0 amide bonds. The smallest absolute Gasteiger partial charge is 0.184 e. The van der Waals surface area contributed by atoms with Gasteiger partial charge in [0.15, 0.2) is 12.1 Å². The molecule has 0 aromatic carbocycles. The van der Waals surface area contributed by atoms with Crippen molar-refractivity contribution >= 4 is 0 Å². The zero-order valence-electron chi connectivity index (χ0n) is 8.58.